The Balaban J connectivity index is 0. The van der Waals surface area contributed by atoms with Crippen LogP contribution in [0, 0.1) is 6.92 Å². The van der Waals surface area contributed by atoms with Gasteiger partial charge in [-0.1, -0.05) is 44.2 Å². The van der Waals surface area contributed by atoms with Crippen molar-refractivity contribution in [3.8, 4) is 0 Å². The first-order valence-electron chi connectivity index (χ1n) is 7.77. The summed E-state index contributed by atoms with van der Waals surface area (Å²) in [5.74, 6) is -0.580. The highest BCUT2D eigenvalue weighted by atomic mass is 32.2. The standard InChI is InChI=1S/C14H17N3O4S2.C2H6.2H2/c1-10-12(8-11-6-4-3-5-7-11)22-14(16-10)17-13(18)9-21-23(19,20)15-2;1-2;;/h3-7,15H,8-9H2,1-2H3,(H,16,17,18);1-2H3;2*1H. The number of hydrogen-bond acceptors (Lipinski definition) is 6. The Morgan fingerprint density at radius 1 is 1.28 bits per heavy atom. The lowest BCUT2D eigenvalue weighted by molar-refractivity contribution is -0.118. The molecule has 0 unspecified atom stereocenters. The normalized spacial score (nSPS) is 10.7. The van der Waals surface area contributed by atoms with Gasteiger partial charge >= 0.3 is 10.3 Å². The summed E-state index contributed by atoms with van der Waals surface area (Å²) < 4.78 is 28.6. The van der Waals surface area contributed by atoms with Gasteiger partial charge in [0.25, 0.3) is 5.91 Å². The summed E-state index contributed by atoms with van der Waals surface area (Å²) in [5, 5.41) is 2.96. The molecule has 0 saturated heterocycles. The summed E-state index contributed by atoms with van der Waals surface area (Å²) in [7, 11) is -2.68. The molecule has 0 bridgehead atoms. The lowest BCUT2D eigenvalue weighted by atomic mass is 10.1. The number of anilines is 1. The van der Waals surface area contributed by atoms with E-state index in [9.17, 15) is 13.2 Å². The Labute approximate surface area is 155 Å². The predicted octanol–water partition coefficient (Wildman–Crippen LogP) is 2.98. The minimum absolute atomic E-state index is 0. The monoisotopic (exact) mass is 389 g/mol. The first kappa shape index (κ1) is 21.2. The number of aromatic nitrogens is 1. The van der Waals surface area contributed by atoms with E-state index in [0.717, 1.165) is 22.6 Å². The van der Waals surface area contributed by atoms with E-state index < -0.39 is 22.8 Å². The van der Waals surface area contributed by atoms with Crippen LogP contribution < -0.4 is 10.0 Å². The topological polar surface area (TPSA) is 97.4 Å². The van der Waals surface area contributed by atoms with Crippen LogP contribution in [0.25, 0.3) is 0 Å². The van der Waals surface area contributed by atoms with Gasteiger partial charge in [-0.25, -0.2) is 9.17 Å². The van der Waals surface area contributed by atoms with Gasteiger partial charge < -0.3 is 0 Å². The highest BCUT2D eigenvalue weighted by Crippen LogP contribution is 2.25. The zero-order valence-corrected chi connectivity index (χ0v) is 16.3. The van der Waals surface area contributed by atoms with Crippen LogP contribution in [0.5, 0.6) is 0 Å². The maximum absolute atomic E-state index is 11.7. The van der Waals surface area contributed by atoms with Crippen molar-refractivity contribution >= 4 is 32.7 Å². The van der Waals surface area contributed by atoms with Crippen LogP contribution >= 0.6 is 11.3 Å². The van der Waals surface area contributed by atoms with Crippen LogP contribution in [0.15, 0.2) is 30.3 Å². The quantitative estimate of drug-likeness (QED) is 0.759. The number of carbonyl (C=O) groups excluding carboxylic acids is 1. The summed E-state index contributed by atoms with van der Waals surface area (Å²) in [4.78, 5) is 17.0. The number of amides is 1. The second-order valence-corrected chi connectivity index (χ2v) is 7.29. The largest absolute Gasteiger partial charge is 0.336 e. The smallest absolute Gasteiger partial charge is 0.300 e. The minimum Gasteiger partial charge on any atom is -0.300 e. The number of rotatable bonds is 7. The third kappa shape index (κ3) is 7.30. The van der Waals surface area contributed by atoms with Gasteiger partial charge in [-0.15, -0.1) is 11.3 Å². The average molecular weight is 390 g/mol. The van der Waals surface area contributed by atoms with Crippen LogP contribution in [0.1, 0.15) is 32.8 Å². The summed E-state index contributed by atoms with van der Waals surface area (Å²) in [5.41, 5.74) is 1.98. The maximum Gasteiger partial charge on any atom is 0.336 e. The third-order valence-corrected chi connectivity index (χ3v) is 4.94. The molecular formula is C16H27N3O4S2. The van der Waals surface area contributed by atoms with Crippen LogP contribution in [0.2, 0.25) is 0 Å². The number of thiazole rings is 1. The molecule has 0 aliphatic rings. The van der Waals surface area contributed by atoms with Crippen molar-refractivity contribution in [2.24, 2.45) is 0 Å². The van der Waals surface area contributed by atoms with E-state index in [4.69, 9.17) is 0 Å². The molecule has 0 saturated carbocycles. The van der Waals surface area contributed by atoms with Crippen molar-refractivity contribution in [3.05, 3.63) is 46.5 Å². The molecule has 25 heavy (non-hydrogen) atoms. The van der Waals surface area contributed by atoms with Crippen LogP contribution in [-0.4, -0.2) is 33.0 Å². The maximum atomic E-state index is 11.7. The van der Waals surface area contributed by atoms with Gasteiger partial charge in [0.2, 0.25) is 0 Å². The van der Waals surface area contributed by atoms with Crippen LogP contribution in [0.4, 0.5) is 5.13 Å². The van der Waals surface area contributed by atoms with Crippen LogP contribution in [0.3, 0.4) is 0 Å². The molecule has 1 aromatic carbocycles. The second kappa shape index (κ2) is 10.2. The van der Waals surface area contributed by atoms with Crippen LogP contribution in [-0.2, 0) is 25.7 Å². The van der Waals surface area contributed by atoms with E-state index in [1.54, 1.807) is 0 Å². The van der Waals surface area contributed by atoms with Crippen molar-refractivity contribution in [3.63, 3.8) is 0 Å². The molecule has 0 spiro atoms. The number of aryl methyl sites for hydroxylation is 1. The Kier molecular flexibility index (Phi) is 8.70. The first-order chi connectivity index (χ1) is 11.9. The molecular weight excluding hydrogens is 362 g/mol. The van der Waals surface area contributed by atoms with E-state index in [2.05, 4.69) is 14.5 Å². The molecule has 2 N–H and O–H groups in total. The van der Waals surface area contributed by atoms with Gasteiger partial charge in [-0.05, 0) is 12.5 Å². The molecule has 0 aliphatic heterocycles. The number of carbonyl (C=O) groups is 1. The van der Waals surface area contributed by atoms with Gasteiger partial charge in [0, 0.05) is 21.2 Å². The van der Waals surface area contributed by atoms with Gasteiger partial charge in [-0.3, -0.25) is 10.1 Å². The number of nitrogens with zero attached hydrogens (tertiary/aromatic N) is 1. The highest BCUT2D eigenvalue weighted by Gasteiger charge is 2.14. The Morgan fingerprint density at radius 3 is 2.52 bits per heavy atom. The van der Waals surface area contributed by atoms with Gasteiger partial charge in [0.15, 0.2) is 5.13 Å². The summed E-state index contributed by atoms with van der Waals surface area (Å²) >= 11 is 1.36. The fourth-order valence-corrected chi connectivity index (χ4v) is 3.17. The highest BCUT2D eigenvalue weighted by molar-refractivity contribution is 7.84. The number of hydrogen-bond donors (Lipinski definition) is 2. The summed E-state index contributed by atoms with van der Waals surface area (Å²) in [6.45, 7) is 5.27. The molecule has 1 heterocycles. The Hall–Kier alpha value is -1.81. The van der Waals surface area contributed by atoms with E-state index in [0.29, 0.717) is 5.13 Å². The zero-order valence-electron chi connectivity index (χ0n) is 14.7. The van der Waals surface area contributed by atoms with Crippen molar-refractivity contribution in [1.29, 1.82) is 0 Å². The van der Waals surface area contributed by atoms with Crippen molar-refractivity contribution in [1.82, 2.24) is 9.71 Å². The predicted molar refractivity (Wildman–Crippen MR) is 104 cm³/mol. The molecule has 0 atom stereocenters. The van der Waals surface area contributed by atoms with E-state index in [1.807, 2.05) is 55.8 Å². The van der Waals surface area contributed by atoms with Gasteiger partial charge in [0.1, 0.15) is 6.61 Å². The van der Waals surface area contributed by atoms with E-state index in [-0.39, 0.29) is 2.85 Å². The first-order valence-corrected chi connectivity index (χ1v) is 10.00. The second-order valence-electron chi connectivity index (χ2n) is 4.66. The summed E-state index contributed by atoms with van der Waals surface area (Å²) in [6.07, 6.45) is 0.727. The molecule has 2 aromatic rings. The van der Waals surface area contributed by atoms with Crippen molar-refractivity contribution in [2.75, 3.05) is 19.0 Å². The Bertz CT molecular complexity index is 784. The third-order valence-electron chi connectivity index (χ3n) is 2.94. The molecule has 142 valence electrons. The Morgan fingerprint density at radius 2 is 1.92 bits per heavy atom. The summed E-state index contributed by atoms with van der Waals surface area (Å²) in [6, 6.07) is 9.93. The van der Waals surface area contributed by atoms with Crippen molar-refractivity contribution < 1.29 is 20.2 Å². The van der Waals surface area contributed by atoms with Gasteiger partial charge in [-0.2, -0.15) is 13.1 Å². The number of benzene rings is 1. The number of nitrogens with one attached hydrogen (secondary N) is 2. The molecule has 9 heteroatoms. The van der Waals surface area contributed by atoms with E-state index in [1.165, 1.54) is 18.4 Å². The molecule has 1 amide bonds. The fourth-order valence-electron chi connectivity index (χ4n) is 1.77. The molecule has 0 aliphatic carbocycles. The SMILES string of the molecule is CC.CNS(=O)(=O)OCC(=O)Nc1nc(C)c(Cc2ccccc2)s1.[HH].[HH]. The molecule has 7 nitrogen and oxygen atoms in total. The van der Waals surface area contributed by atoms with E-state index >= 15 is 0 Å². The lowest BCUT2D eigenvalue weighted by Gasteiger charge is -2.03. The minimum atomic E-state index is -3.88. The van der Waals surface area contributed by atoms with Crippen molar-refractivity contribution in [2.45, 2.75) is 27.2 Å². The zero-order chi connectivity index (χ0) is 18.9. The molecule has 1 aromatic heterocycles. The fraction of sp³-hybridized carbons (Fsp3) is 0.375. The molecule has 2 rings (SSSR count). The average Bonchev–Trinajstić information content (AvgIpc) is 2.95. The molecule has 0 fully saturated rings. The lowest BCUT2D eigenvalue weighted by Crippen LogP contribution is -2.27. The van der Waals surface area contributed by atoms with Gasteiger partial charge in [0.05, 0.1) is 5.69 Å². The molecule has 0 radical (unpaired) electrons.